The molecule has 0 aromatic heterocycles. The molecular formula is C7H8PSi3. The van der Waals surface area contributed by atoms with Crippen molar-refractivity contribution in [2.24, 2.45) is 0 Å². The molecule has 0 heterocycles. The van der Waals surface area contributed by atoms with Crippen LogP contribution in [0.2, 0.25) is 0 Å². The van der Waals surface area contributed by atoms with Crippen molar-refractivity contribution < 1.29 is 0 Å². The molecule has 0 N–H and O–H groups in total. The summed E-state index contributed by atoms with van der Waals surface area (Å²) >= 11 is 0. The summed E-state index contributed by atoms with van der Waals surface area (Å²) in [6, 6.07) is 10.2. The van der Waals surface area contributed by atoms with Crippen molar-refractivity contribution in [2.75, 3.05) is 6.66 Å². The molecule has 4 heteroatoms. The summed E-state index contributed by atoms with van der Waals surface area (Å²) in [4.78, 5) is 0. The molecule has 0 fully saturated rings. The third kappa shape index (κ3) is 2.67. The van der Waals surface area contributed by atoms with Crippen molar-refractivity contribution in [1.82, 2.24) is 0 Å². The van der Waals surface area contributed by atoms with E-state index in [0.717, 1.165) is 0 Å². The Labute approximate surface area is 77.5 Å². The van der Waals surface area contributed by atoms with Crippen molar-refractivity contribution in [2.45, 2.75) is 0 Å². The van der Waals surface area contributed by atoms with Gasteiger partial charge in [-0.05, 0) is 0 Å². The SMILES string of the molecule is CP([Si])([Si])([Si])c1ccccc1. The standard InChI is InChI=1S/C7H8PSi3/c1-8(9,10,11)7-5-3-2-4-6-7/h2-6H,1H3. The molecule has 1 aromatic carbocycles. The van der Waals surface area contributed by atoms with E-state index >= 15 is 0 Å². The second-order valence-corrected chi connectivity index (χ2v) is 20.6. The Morgan fingerprint density at radius 2 is 1.45 bits per heavy atom. The van der Waals surface area contributed by atoms with E-state index in [1.54, 1.807) is 0 Å². The summed E-state index contributed by atoms with van der Waals surface area (Å²) < 4.78 is 0. The second-order valence-electron chi connectivity index (χ2n) is 2.90. The van der Waals surface area contributed by atoms with Crippen LogP contribution >= 0.6 is 5.25 Å². The molecule has 0 nitrogen and oxygen atoms in total. The molecule has 0 saturated carbocycles. The van der Waals surface area contributed by atoms with Crippen molar-refractivity contribution in [1.29, 1.82) is 0 Å². The van der Waals surface area contributed by atoms with Gasteiger partial charge in [-0.1, -0.05) is 0 Å². The van der Waals surface area contributed by atoms with Gasteiger partial charge >= 0.3 is 77.3 Å². The van der Waals surface area contributed by atoms with Crippen LogP contribution in [-0.2, 0) is 0 Å². The fraction of sp³-hybridized carbons (Fsp3) is 0.143. The van der Waals surface area contributed by atoms with Gasteiger partial charge in [0.25, 0.3) is 0 Å². The van der Waals surface area contributed by atoms with Crippen molar-refractivity contribution in [3.8, 4) is 0 Å². The molecule has 0 aliphatic carbocycles. The quantitative estimate of drug-likeness (QED) is 0.471. The first-order chi connectivity index (χ1) is 4.86. The molecule has 1 rings (SSSR count). The van der Waals surface area contributed by atoms with E-state index in [2.05, 4.69) is 48.5 Å². The fourth-order valence-corrected chi connectivity index (χ4v) is 3.06. The Balaban J connectivity index is 3.14. The molecule has 9 radical (unpaired) electrons. The third-order valence-corrected chi connectivity index (χ3v) is 5.31. The second kappa shape index (κ2) is 2.66. The Hall–Kier alpha value is 0.301. The summed E-state index contributed by atoms with van der Waals surface area (Å²) in [5.74, 6) is 0. The zero-order valence-electron chi connectivity index (χ0n) is 6.33. The van der Waals surface area contributed by atoms with E-state index in [4.69, 9.17) is 0 Å². The Morgan fingerprint density at radius 1 is 1.00 bits per heavy atom. The normalized spacial score (nSPS) is 15.5. The zero-order valence-corrected chi connectivity index (χ0v) is 10.2. The first kappa shape index (κ1) is 9.39. The summed E-state index contributed by atoms with van der Waals surface area (Å²) in [7, 11) is 11.1. The van der Waals surface area contributed by atoms with Gasteiger partial charge in [0.15, 0.2) is 0 Å². The van der Waals surface area contributed by atoms with Gasteiger partial charge in [-0.25, -0.2) is 0 Å². The van der Waals surface area contributed by atoms with E-state index in [-0.39, 0.29) is 0 Å². The van der Waals surface area contributed by atoms with Crippen molar-refractivity contribution in [3.63, 3.8) is 0 Å². The molecule has 1 aromatic rings. The molecule has 0 unspecified atom stereocenters. The first-order valence-corrected chi connectivity index (χ1v) is 9.96. The minimum absolute atomic E-state index is 1.25. The van der Waals surface area contributed by atoms with Gasteiger partial charge in [-0.3, -0.25) is 0 Å². The molecule has 53 valence electrons. The summed E-state index contributed by atoms with van der Waals surface area (Å²) in [6.07, 6.45) is 0. The van der Waals surface area contributed by atoms with Crippen LogP contribution in [0.5, 0.6) is 0 Å². The van der Waals surface area contributed by atoms with E-state index in [1.165, 1.54) is 5.30 Å². The Kier molecular flexibility index (Phi) is 2.27. The van der Waals surface area contributed by atoms with E-state index in [9.17, 15) is 0 Å². The summed E-state index contributed by atoms with van der Waals surface area (Å²) in [5.41, 5.74) is 0. The molecule has 0 aliphatic heterocycles. The van der Waals surface area contributed by atoms with Gasteiger partial charge in [-0.2, -0.15) is 0 Å². The van der Waals surface area contributed by atoms with Crippen molar-refractivity contribution >= 4 is 40.3 Å². The predicted molar refractivity (Wildman–Crippen MR) is 56.2 cm³/mol. The van der Waals surface area contributed by atoms with Crippen LogP contribution < -0.4 is 5.30 Å². The number of benzene rings is 1. The fourth-order valence-electron chi connectivity index (χ4n) is 0.801. The van der Waals surface area contributed by atoms with Gasteiger partial charge in [0, 0.05) is 0 Å². The van der Waals surface area contributed by atoms with Gasteiger partial charge in [0.2, 0.25) is 0 Å². The van der Waals surface area contributed by atoms with E-state index < -0.39 is 5.25 Å². The molecular weight excluding hydrogens is 199 g/mol. The molecule has 0 spiro atoms. The third-order valence-electron chi connectivity index (χ3n) is 1.40. The molecule has 0 saturated heterocycles. The van der Waals surface area contributed by atoms with Crippen LogP contribution in [0.4, 0.5) is 0 Å². The average molecular weight is 207 g/mol. The van der Waals surface area contributed by atoms with Crippen LogP contribution in [0.25, 0.3) is 0 Å². The van der Waals surface area contributed by atoms with Gasteiger partial charge in [0.05, 0.1) is 0 Å². The number of hydrogen-bond donors (Lipinski definition) is 0. The average Bonchev–Trinajstić information content (AvgIpc) is 1.86. The minimum atomic E-state index is -2.07. The Bertz CT molecular complexity index is 240. The van der Waals surface area contributed by atoms with Crippen molar-refractivity contribution in [3.05, 3.63) is 30.3 Å². The monoisotopic (exact) mass is 207 g/mol. The molecule has 0 atom stereocenters. The Morgan fingerprint density at radius 3 is 1.73 bits per heavy atom. The molecule has 0 bridgehead atoms. The summed E-state index contributed by atoms with van der Waals surface area (Å²) in [6.45, 7) is 2.12. The summed E-state index contributed by atoms with van der Waals surface area (Å²) in [5, 5.41) is -0.822. The van der Waals surface area contributed by atoms with Gasteiger partial charge < -0.3 is 0 Å². The first-order valence-electron chi connectivity index (χ1n) is 3.25. The van der Waals surface area contributed by atoms with Crippen LogP contribution in [-0.4, -0.2) is 36.4 Å². The zero-order chi connectivity index (χ0) is 8.56. The van der Waals surface area contributed by atoms with E-state index in [1.807, 2.05) is 18.2 Å². The molecule has 0 amide bonds. The van der Waals surface area contributed by atoms with Crippen LogP contribution in [0, 0.1) is 0 Å². The molecule has 11 heavy (non-hydrogen) atoms. The van der Waals surface area contributed by atoms with Crippen LogP contribution in [0.3, 0.4) is 0 Å². The maximum absolute atomic E-state index is 3.70. The number of hydrogen-bond acceptors (Lipinski definition) is 0. The van der Waals surface area contributed by atoms with Gasteiger partial charge in [-0.15, -0.1) is 0 Å². The van der Waals surface area contributed by atoms with Crippen LogP contribution in [0.1, 0.15) is 0 Å². The predicted octanol–water partition coefficient (Wildman–Crippen LogP) is 0.745. The van der Waals surface area contributed by atoms with Crippen LogP contribution in [0.15, 0.2) is 30.3 Å². The molecule has 0 aliphatic rings. The maximum atomic E-state index is 3.70. The van der Waals surface area contributed by atoms with Gasteiger partial charge in [0.1, 0.15) is 0 Å². The topological polar surface area (TPSA) is 0 Å². The van der Waals surface area contributed by atoms with E-state index in [0.29, 0.717) is 0 Å². The number of rotatable bonds is 1.